The number of anilines is 1. The van der Waals surface area contributed by atoms with Crippen LogP contribution in [0.5, 0.6) is 0 Å². The van der Waals surface area contributed by atoms with Gasteiger partial charge in [-0.3, -0.25) is 9.59 Å². The Morgan fingerprint density at radius 2 is 1.88 bits per heavy atom. The molecule has 3 aromatic rings. The van der Waals surface area contributed by atoms with Gasteiger partial charge in [0.25, 0.3) is 0 Å². The van der Waals surface area contributed by atoms with Crippen LogP contribution in [0.2, 0.25) is 0 Å². The van der Waals surface area contributed by atoms with Gasteiger partial charge in [0.2, 0.25) is 11.8 Å². The molecule has 1 fully saturated rings. The van der Waals surface area contributed by atoms with Crippen LogP contribution >= 0.6 is 0 Å². The monoisotopic (exact) mass is 348 g/mol. The molecule has 1 aliphatic carbocycles. The molecule has 1 aliphatic rings. The number of nitrogens with one attached hydrogen (secondary N) is 2. The quantitative estimate of drug-likeness (QED) is 0.719. The molecule has 1 aromatic heterocycles. The van der Waals surface area contributed by atoms with Gasteiger partial charge in [-0.1, -0.05) is 42.5 Å². The molecule has 132 valence electrons. The first kappa shape index (κ1) is 16.3. The number of carbonyl (C=O) groups excluding carboxylic acids is 2. The van der Waals surface area contributed by atoms with E-state index >= 15 is 0 Å². The maximum Gasteiger partial charge on any atom is 0.244 e. The summed E-state index contributed by atoms with van der Waals surface area (Å²) in [4.78, 5) is 23.7. The highest BCUT2D eigenvalue weighted by Crippen LogP contribution is 2.28. The van der Waals surface area contributed by atoms with E-state index in [1.54, 1.807) is 16.9 Å². The third kappa shape index (κ3) is 3.59. The zero-order chi connectivity index (χ0) is 17.9. The van der Waals surface area contributed by atoms with Crippen LogP contribution in [-0.4, -0.2) is 28.1 Å². The maximum absolute atomic E-state index is 12.1. The van der Waals surface area contributed by atoms with Gasteiger partial charge < -0.3 is 10.6 Å². The van der Waals surface area contributed by atoms with Gasteiger partial charge >= 0.3 is 0 Å². The van der Waals surface area contributed by atoms with Gasteiger partial charge in [-0.15, -0.1) is 0 Å². The van der Waals surface area contributed by atoms with Crippen LogP contribution in [-0.2, 0) is 16.1 Å². The van der Waals surface area contributed by atoms with Crippen molar-refractivity contribution >= 4 is 28.4 Å². The Balaban J connectivity index is 1.44. The topological polar surface area (TPSA) is 76.0 Å². The average Bonchev–Trinajstić information content (AvgIpc) is 3.43. The third-order valence-electron chi connectivity index (χ3n) is 4.56. The highest BCUT2D eigenvalue weighted by atomic mass is 16.2. The van der Waals surface area contributed by atoms with E-state index in [9.17, 15) is 9.59 Å². The number of aromatic nitrogens is 2. The smallest absolute Gasteiger partial charge is 0.244 e. The minimum absolute atomic E-state index is 0.0191. The van der Waals surface area contributed by atoms with Gasteiger partial charge in [0.15, 0.2) is 0 Å². The van der Waals surface area contributed by atoms with Crippen molar-refractivity contribution in [2.24, 2.45) is 5.92 Å². The Kier molecular flexibility index (Phi) is 4.39. The van der Waals surface area contributed by atoms with Crippen LogP contribution in [0.3, 0.4) is 0 Å². The summed E-state index contributed by atoms with van der Waals surface area (Å²) in [5, 5.41) is 12.1. The molecule has 0 atom stereocenters. The summed E-state index contributed by atoms with van der Waals surface area (Å²) >= 11 is 0. The molecule has 2 N–H and O–H groups in total. The zero-order valence-electron chi connectivity index (χ0n) is 14.3. The predicted molar refractivity (Wildman–Crippen MR) is 99.6 cm³/mol. The predicted octanol–water partition coefficient (Wildman–Crippen LogP) is 2.55. The number of hydrogen-bond donors (Lipinski definition) is 2. The van der Waals surface area contributed by atoms with Crippen molar-refractivity contribution in [3.05, 3.63) is 60.3 Å². The fraction of sp³-hybridized carbons (Fsp3) is 0.250. The van der Waals surface area contributed by atoms with E-state index in [0.717, 1.165) is 18.4 Å². The summed E-state index contributed by atoms with van der Waals surface area (Å²) < 4.78 is 1.75. The van der Waals surface area contributed by atoms with Crippen LogP contribution in [0.25, 0.3) is 10.8 Å². The molecule has 0 bridgehead atoms. The molecule has 2 aromatic carbocycles. The standard InChI is InChI=1S/C20H20N4O2/c25-19(12-21-20(26)15-8-9-15)23-18-10-11-22-24(18)13-16-6-3-5-14-4-1-2-7-17(14)16/h1-7,10-11,15H,8-9,12-13H2,(H,21,26)(H,23,25). The molecule has 0 unspecified atom stereocenters. The summed E-state index contributed by atoms with van der Waals surface area (Å²) in [6.45, 7) is 0.535. The lowest BCUT2D eigenvalue weighted by Crippen LogP contribution is -2.34. The lowest BCUT2D eigenvalue weighted by molar-refractivity contribution is -0.125. The molecule has 0 radical (unpaired) electrons. The van der Waals surface area contributed by atoms with Crippen molar-refractivity contribution in [2.75, 3.05) is 11.9 Å². The van der Waals surface area contributed by atoms with E-state index in [4.69, 9.17) is 0 Å². The van der Waals surface area contributed by atoms with Gasteiger partial charge in [0, 0.05) is 12.0 Å². The van der Waals surface area contributed by atoms with Crippen LogP contribution in [0.15, 0.2) is 54.7 Å². The van der Waals surface area contributed by atoms with Crippen LogP contribution in [0.1, 0.15) is 18.4 Å². The van der Waals surface area contributed by atoms with Crippen molar-refractivity contribution < 1.29 is 9.59 Å². The Bertz CT molecular complexity index is 954. The molecule has 1 saturated carbocycles. The molecule has 2 amide bonds. The molecular weight excluding hydrogens is 328 g/mol. The van der Waals surface area contributed by atoms with E-state index < -0.39 is 0 Å². The second-order valence-electron chi connectivity index (χ2n) is 6.55. The minimum Gasteiger partial charge on any atom is -0.347 e. The number of hydrogen-bond acceptors (Lipinski definition) is 3. The van der Waals surface area contributed by atoms with Gasteiger partial charge in [0.1, 0.15) is 5.82 Å². The van der Waals surface area contributed by atoms with Gasteiger partial charge in [-0.25, -0.2) is 4.68 Å². The van der Waals surface area contributed by atoms with E-state index in [2.05, 4.69) is 40.0 Å². The molecule has 0 aliphatic heterocycles. The number of carbonyl (C=O) groups is 2. The molecular formula is C20H20N4O2. The van der Waals surface area contributed by atoms with Crippen molar-refractivity contribution in [2.45, 2.75) is 19.4 Å². The van der Waals surface area contributed by atoms with Crippen molar-refractivity contribution in [1.29, 1.82) is 0 Å². The fourth-order valence-electron chi connectivity index (χ4n) is 3.00. The van der Waals surface area contributed by atoms with E-state index in [-0.39, 0.29) is 24.3 Å². The largest absolute Gasteiger partial charge is 0.347 e. The molecule has 6 heteroatoms. The van der Waals surface area contributed by atoms with Gasteiger partial charge in [-0.2, -0.15) is 5.10 Å². The van der Waals surface area contributed by atoms with Crippen LogP contribution < -0.4 is 10.6 Å². The van der Waals surface area contributed by atoms with Gasteiger partial charge in [-0.05, 0) is 29.2 Å². The highest BCUT2D eigenvalue weighted by molar-refractivity contribution is 5.94. The number of fused-ring (bicyclic) bond motifs is 1. The Morgan fingerprint density at radius 3 is 2.73 bits per heavy atom. The Labute approximate surface area is 151 Å². The summed E-state index contributed by atoms with van der Waals surface area (Å²) in [5.41, 5.74) is 1.13. The van der Waals surface area contributed by atoms with Crippen molar-refractivity contribution in [3.8, 4) is 0 Å². The van der Waals surface area contributed by atoms with Crippen molar-refractivity contribution in [1.82, 2.24) is 15.1 Å². The fourth-order valence-corrected chi connectivity index (χ4v) is 3.00. The average molecular weight is 348 g/mol. The summed E-state index contributed by atoms with van der Waals surface area (Å²) in [6, 6.07) is 16.1. The Morgan fingerprint density at radius 1 is 1.08 bits per heavy atom. The molecule has 0 spiro atoms. The minimum atomic E-state index is -0.251. The molecule has 0 saturated heterocycles. The first-order valence-electron chi connectivity index (χ1n) is 8.77. The molecule has 1 heterocycles. The second-order valence-corrected chi connectivity index (χ2v) is 6.55. The van der Waals surface area contributed by atoms with E-state index in [0.29, 0.717) is 12.4 Å². The van der Waals surface area contributed by atoms with Crippen LogP contribution in [0, 0.1) is 5.92 Å². The lowest BCUT2D eigenvalue weighted by Gasteiger charge is -2.11. The molecule has 26 heavy (non-hydrogen) atoms. The summed E-state index contributed by atoms with van der Waals surface area (Å²) in [5.74, 6) is 0.423. The second kappa shape index (κ2) is 7.00. The van der Waals surface area contributed by atoms with Crippen molar-refractivity contribution in [3.63, 3.8) is 0 Å². The highest BCUT2D eigenvalue weighted by Gasteiger charge is 2.29. The first-order chi connectivity index (χ1) is 12.7. The normalized spacial score (nSPS) is 13.5. The number of amides is 2. The number of benzene rings is 2. The number of nitrogens with zero attached hydrogens (tertiary/aromatic N) is 2. The lowest BCUT2D eigenvalue weighted by atomic mass is 10.0. The molecule has 6 nitrogen and oxygen atoms in total. The first-order valence-corrected chi connectivity index (χ1v) is 8.77. The zero-order valence-corrected chi connectivity index (χ0v) is 14.3. The summed E-state index contributed by atoms with van der Waals surface area (Å²) in [7, 11) is 0. The van der Waals surface area contributed by atoms with Crippen LogP contribution in [0.4, 0.5) is 5.82 Å². The van der Waals surface area contributed by atoms with Gasteiger partial charge in [0.05, 0.1) is 19.3 Å². The summed E-state index contributed by atoms with van der Waals surface area (Å²) in [6.07, 6.45) is 3.50. The maximum atomic E-state index is 12.1. The van der Waals surface area contributed by atoms with E-state index in [1.807, 2.05) is 18.2 Å². The third-order valence-corrected chi connectivity index (χ3v) is 4.56. The Hall–Kier alpha value is -3.15. The van der Waals surface area contributed by atoms with E-state index in [1.165, 1.54) is 10.8 Å². The SMILES string of the molecule is O=C(CNC(=O)C1CC1)Nc1ccnn1Cc1cccc2ccccc12. The number of rotatable bonds is 6. The molecule has 4 rings (SSSR count).